The van der Waals surface area contributed by atoms with Gasteiger partial charge >= 0.3 is 0 Å². The maximum Gasteiger partial charge on any atom is 0.266 e. The van der Waals surface area contributed by atoms with Gasteiger partial charge in [0.05, 0.1) is 5.75 Å². The molecule has 2 aromatic carbocycles. The van der Waals surface area contributed by atoms with E-state index >= 15 is 0 Å². The summed E-state index contributed by atoms with van der Waals surface area (Å²) in [5.74, 6) is 0.0719. The van der Waals surface area contributed by atoms with Crippen LogP contribution in [0.5, 0.6) is 0 Å². The third-order valence-corrected chi connectivity index (χ3v) is 6.51. The minimum Gasteiger partial charge on any atom is -0.323 e. The zero-order valence-corrected chi connectivity index (χ0v) is 15.6. The summed E-state index contributed by atoms with van der Waals surface area (Å²) in [7, 11) is 0. The molecule has 0 radical (unpaired) electrons. The Labute approximate surface area is 152 Å². The molecule has 24 heavy (non-hydrogen) atoms. The standard InChI is InChI=1S/C18H15BrN2O2S/c1-10-3-5-13(7-11(10)2)21-16(22)9-24-18(21)14-8-12(19)4-6-15(14)20-17(18)23/h3-8H,9H2,1-2H3,(H,20,23)/t18-/m1/s1. The number of amides is 2. The van der Waals surface area contributed by atoms with Gasteiger partial charge in [0.15, 0.2) is 0 Å². The molecule has 1 fully saturated rings. The lowest BCUT2D eigenvalue weighted by Crippen LogP contribution is -2.47. The first-order valence-electron chi connectivity index (χ1n) is 7.59. The zero-order chi connectivity index (χ0) is 17.1. The number of halogens is 1. The average molecular weight is 403 g/mol. The Balaban J connectivity index is 1.94. The fourth-order valence-electron chi connectivity index (χ4n) is 3.26. The molecule has 1 N–H and O–H groups in total. The van der Waals surface area contributed by atoms with Gasteiger partial charge in [0.2, 0.25) is 10.8 Å². The van der Waals surface area contributed by atoms with Gasteiger partial charge in [-0.05, 0) is 55.3 Å². The zero-order valence-electron chi connectivity index (χ0n) is 13.2. The van der Waals surface area contributed by atoms with Crippen LogP contribution in [0.25, 0.3) is 0 Å². The van der Waals surface area contributed by atoms with Gasteiger partial charge in [-0.25, -0.2) is 0 Å². The minimum absolute atomic E-state index is 0.0498. The van der Waals surface area contributed by atoms with Crippen LogP contribution in [0.3, 0.4) is 0 Å². The summed E-state index contributed by atoms with van der Waals surface area (Å²) in [6.07, 6.45) is 0. The summed E-state index contributed by atoms with van der Waals surface area (Å²) in [5, 5.41) is 2.93. The van der Waals surface area contributed by atoms with Crippen molar-refractivity contribution in [2.24, 2.45) is 0 Å². The molecule has 6 heteroatoms. The van der Waals surface area contributed by atoms with Crippen molar-refractivity contribution in [2.45, 2.75) is 18.7 Å². The third-order valence-electron chi connectivity index (χ3n) is 4.62. The van der Waals surface area contributed by atoms with Gasteiger partial charge in [0.1, 0.15) is 0 Å². The van der Waals surface area contributed by atoms with Crippen LogP contribution >= 0.6 is 27.7 Å². The second-order valence-electron chi connectivity index (χ2n) is 6.07. The van der Waals surface area contributed by atoms with Crippen LogP contribution in [0.15, 0.2) is 40.9 Å². The summed E-state index contributed by atoms with van der Waals surface area (Å²) in [6, 6.07) is 11.6. The molecule has 1 saturated heterocycles. The van der Waals surface area contributed by atoms with Crippen LogP contribution in [0.4, 0.5) is 11.4 Å². The molecule has 1 atom stereocenters. The van der Waals surface area contributed by atoms with Gasteiger partial charge in [0, 0.05) is 21.4 Å². The van der Waals surface area contributed by atoms with E-state index in [1.165, 1.54) is 11.8 Å². The molecule has 2 aliphatic heterocycles. The third kappa shape index (κ3) is 2.06. The molecule has 1 spiro atoms. The Morgan fingerprint density at radius 3 is 2.67 bits per heavy atom. The summed E-state index contributed by atoms with van der Waals surface area (Å²) in [6.45, 7) is 4.04. The predicted molar refractivity (Wildman–Crippen MR) is 100 cm³/mol. The van der Waals surface area contributed by atoms with Crippen LogP contribution in [-0.2, 0) is 14.5 Å². The molecular weight excluding hydrogens is 388 g/mol. The lowest BCUT2D eigenvalue weighted by molar-refractivity contribution is -0.122. The van der Waals surface area contributed by atoms with E-state index in [2.05, 4.69) is 21.2 Å². The van der Waals surface area contributed by atoms with Crippen LogP contribution in [0.1, 0.15) is 16.7 Å². The highest BCUT2D eigenvalue weighted by atomic mass is 79.9. The summed E-state index contributed by atoms with van der Waals surface area (Å²) < 4.78 is 0.886. The molecule has 4 rings (SSSR count). The topological polar surface area (TPSA) is 49.4 Å². The maximum atomic E-state index is 12.9. The normalized spacial score (nSPS) is 22.2. The number of carbonyl (C=O) groups is 2. The average Bonchev–Trinajstić information content (AvgIpc) is 3.02. The largest absolute Gasteiger partial charge is 0.323 e. The molecule has 2 amide bonds. The van der Waals surface area contributed by atoms with Crippen LogP contribution in [0, 0.1) is 13.8 Å². The number of carbonyl (C=O) groups excluding carboxylic acids is 2. The van der Waals surface area contributed by atoms with E-state index in [0.717, 1.165) is 32.5 Å². The molecule has 4 nitrogen and oxygen atoms in total. The van der Waals surface area contributed by atoms with Gasteiger partial charge < -0.3 is 5.32 Å². The Kier molecular flexibility index (Phi) is 3.51. The van der Waals surface area contributed by atoms with E-state index in [-0.39, 0.29) is 17.6 Å². The molecule has 2 heterocycles. The molecule has 0 unspecified atom stereocenters. The van der Waals surface area contributed by atoms with E-state index in [1.54, 1.807) is 4.90 Å². The second kappa shape index (κ2) is 5.36. The fraction of sp³-hybridized carbons (Fsp3) is 0.222. The number of aryl methyl sites for hydroxylation is 2. The highest BCUT2D eigenvalue weighted by Gasteiger charge is 2.58. The summed E-state index contributed by atoms with van der Waals surface area (Å²) >= 11 is 4.85. The van der Waals surface area contributed by atoms with Crippen molar-refractivity contribution >= 4 is 50.9 Å². The van der Waals surface area contributed by atoms with Crippen molar-refractivity contribution in [3.8, 4) is 0 Å². The van der Waals surface area contributed by atoms with Gasteiger partial charge in [-0.1, -0.05) is 22.0 Å². The quantitative estimate of drug-likeness (QED) is 0.785. The molecule has 0 bridgehead atoms. The van der Waals surface area contributed by atoms with Gasteiger partial charge in [-0.2, -0.15) is 0 Å². The molecule has 2 aliphatic rings. The van der Waals surface area contributed by atoms with E-state index in [4.69, 9.17) is 0 Å². The highest BCUT2D eigenvalue weighted by molar-refractivity contribution is 9.10. The number of anilines is 2. The van der Waals surface area contributed by atoms with Crippen LogP contribution in [-0.4, -0.2) is 17.6 Å². The van der Waals surface area contributed by atoms with Crippen molar-refractivity contribution in [1.29, 1.82) is 0 Å². The van der Waals surface area contributed by atoms with E-state index in [9.17, 15) is 9.59 Å². The molecule has 0 aromatic heterocycles. The number of benzene rings is 2. The van der Waals surface area contributed by atoms with E-state index < -0.39 is 4.87 Å². The van der Waals surface area contributed by atoms with Crippen molar-refractivity contribution in [3.63, 3.8) is 0 Å². The lowest BCUT2D eigenvalue weighted by atomic mass is 10.0. The number of nitrogens with one attached hydrogen (secondary N) is 1. The number of nitrogens with zero attached hydrogens (tertiary/aromatic N) is 1. The van der Waals surface area contributed by atoms with E-state index in [1.807, 2.05) is 50.2 Å². The Morgan fingerprint density at radius 1 is 1.12 bits per heavy atom. The van der Waals surface area contributed by atoms with Crippen molar-refractivity contribution < 1.29 is 9.59 Å². The monoisotopic (exact) mass is 402 g/mol. The first-order chi connectivity index (χ1) is 11.4. The first kappa shape index (κ1) is 15.7. The number of fused-ring (bicyclic) bond motifs is 2. The van der Waals surface area contributed by atoms with Crippen molar-refractivity contribution in [1.82, 2.24) is 0 Å². The molecule has 0 saturated carbocycles. The molecular formula is C18H15BrN2O2S. The lowest BCUT2D eigenvalue weighted by Gasteiger charge is -2.32. The number of hydrogen-bond donors (Lipinski definition) is 1. The molecule has 0 aliphatic carbocycles. The predicted octanol–water partition coefficient (Wildman–Crippen LogP) is 3.95. The Bertz CT molecular complexity index is 899. The van der Waals surface area contributed by atoms with Crippen molar-refractivity contribution in [3.05, 3.63) is 57.6 Å². The number of rotatable bonds is 1. The maximum absolute atomic E-state index is 12.9. The van der Waals surface area contributed by atoms with Gasteiger partial charge in [-0.3, -0.25) is 14.5 Å². The minimum atomic E-state index is -1.03. The first-order valence-corrected chi connectivity index (χ1v) is 9.37. The second-order valence-corrected chi connectivity index (χ2v) is 8.16. The summed E-state index contributed by atoms with van der Waals surface area (Å²) in [5.41, 5.74) is 4.61. The molecule has 2 aromatic rings. The SMILES string of the molecule is Cc1ccc(N2C(=O)CS[C@]23C(=O)Nc2ccc(Br)cc23)cc1C. The Hall–Kier alpha value is -1.79. The Morgan fingerprint density at radius 2 is 1.92 bits per heavy atom. The van der Waals surface area contributed by atoms with Crippen molar-refractivity contribution in [2.75, 3.05) is 16.0 Å². The highest BCUT2D eigenvalue weighted by Crippen LogP contribution is 2.54. The van der Waals surface area contributed by atoms with Gasteiger partial charge in [0.25, 0.3) is 5.91 Å². The van der Waals surface area contributed by atoms with Crippen LogP contribution < -0.4 is 10.2 Å². The molecule has 122 valence electrons. The van der Waals surface area contributed by atoms with E-state index in [0.29, 0.717) is 0 Å². The van der Waals surface area contributed by atoms with Crippen LogP contribution in [0.2, 0.25) is 0 Å². The van der Waals surface area contributed by atoms with Gasteiger partial charge in [-0.15, -0.1) is 11.8 Å². The number of thioether (sulfide) groups is 1. The summed E-state index contributed by atoms with van der Waals surface area (Å²) in [4.78, 5) is 26.2. The smallest absolute Gasteiger partial charge is 0.266 e. The number of hydrogen-bond acceptors (Lipinski definition) is 3. The fourth-order valence-corrected chi connectivity index (χ4v) is 4.93.